The van der Waals surface area contributed by atoms with E-state index < -0.39 is 0 Å². The number of nitrogens with zero attached hydrogens (tertiary/aromatic N) is 2. The van der Waals surface area contributed by atoms with Gasteiger partial charge in [0.05, 0.1) is 22.9 Å². The molecule has 136 valence electrons. The first-order chi connectivity index (χ1) is 13.2. The fraction of sp³-hybridized carbons (Fsp3) is 0.190. The Morgan fingerprint density at radius 1 is 1.15 bits per heavy atom. The van der Waals surface area contributed by atoms with Crippen LogP contribution < -0.4 is 9.04 Å². The molecule has 1 aliphatic carbocycles. The first-order valence-corrected chi connectivity index (χ1v) is 10.9. The van der Waals surface area contributed by atoms with Gasteiger partial charge in [-0.15, -0.1) is 11.3 Å². The third-order valence-electron chi connectivity index (χ3n) is 4.90. The van der Waals surface area contributed by atoms with E-state index in [9.17, 15) is 0 Å². The van der Waals surface area contributed by atoms with Gasteiger partial charge in [-0.25, -0.2) is 0 Å². The van der Waals surface area contributed by atoms with Gasteiger partial charge in [0.1, 0.15) is 5.75 Å². The number of pyridine rings is 1. The Morgan fingerprint density at radius 3 is 2.89 bits per heavy atom. The molecule has 0 fully saturated rings. The molecule has 3 aromatic rings. The average Bonchev–Trinajstić information content (AvgIpc) is 3.27. The smallest absolute Gasteiger partial charge is 0.189 e. The predicted octanol–water partition coefficient (Wildman–Crippen LogP) is 6.72. The zero-order valence-corrected chi connectivity index (χ0v) is 17.1. The van der Waals surface area contributed by atoms with Crippen molar-refractivity contribution in [2.75, 3.05) is 10.8 Å². The molecule has 1 aromatic carbocycles. The molecule has 0 radical (unpaired) electrons. The molecule has 0 atom stereocenters. The Balaban J connectivity index is 1.49. The summed E-state index contributed by atoms with van der Waals surface area (Å²) < 4.78 is 8.57. The molecule has 1 aliphatic heterocycles. The first kappa shape index (κ1) is 17.2. The molecule has 0 unspecified atom stereocenters. The van der Waals surface area contributed by atoms with Crippen molar-refractivity contribution in [1.29, 1.82) is 0 Å². The van der Waals surface area contributed by atoms with Crippen LogP contribution in [0, 0.1) is 6.92 Å². The zero-order chi connectivity index (χ0) is 18.4. The van der Waals surface area contributed by atoms with Gasteiger partial charge in [-0.3, -0.25) is 4.98 Å². The standard InChI is InChI=1S/C21H17ClN2OS2/c1-13-18(7-4-10-23-13)25-21-19-15(12-26-21)9-8-14-11-24(27-20(14)19)17-6-3-2-5-16(17)22/h2-7,10,12H,8-9,11H2,1H3. The van der Waals surface area contributed by atoms with Gasteiger partial charge in [0.2, 0.25) is 0 Å². The van der Waals surface area contributed by atoms with E-state index in [4.69, 9.17) is 16.3 Å². The number of fused-ring (bicyclic) bond motifs is 2. The maximum absolute atomic E-state index is 6.43. The van der Waals surface area contributed by atoms with E-state index in [1.807, 2.05) is 37.3 Å². The summed E-state index contributed by atoms with van der Waals surface area (Å²) in [4.78, 5) is 5.67. The monoisotopic (exact) mass is 412 g/mol. The van der Waals surface area contributed by atoms with Gasteiger partial charge >= 0.3 is 0 Å². The fourth-order valence-corrected chi connectivity index (χ4v) is 6.12. The normalized spacial score (nSPS) is 15.7. The lowest BCUT2D eigenvalue weighted by atomic mass is 9.95. The lowest BCUT2D eigenvalue weighted by Gasteiger charge is -2.18. The summed E-state index contributed by atoms with van der Waals surface area (Å²) in [6.45, 7) is 2.88. The van der Waals surface area contributed by atoms with E-state index in [0.29, 0.717) is 0 Å². The largest absolute Gasteiger partial charge is 0.444 e. The number of anilines is 1. The molecule has 0 saturated carbocycles. The number of para-hydroxylation sites is 1. The Kier molecular flexibility index (Phi) is 4.38. The van der Waals surface area contributed by atoms with Crippen LogP contribution in [0.5, 0.6) is 10.8 Å². The lowest BCUT2D eigenvalue weighted by Crippen LogP contribution is -2.12. The first-order valence-electron chi connectivity index (χ1n) is 8.83. The van der Waals surface area contributed by atoms with E-state index in [0.717, 1.165) is 46.6 Å². The van der Waals surface area contributed by atoms with Crippen LogP contribution in [0.15, 0.2) is 53.5 Å². The fourth-order valence-electron chi connectivity index (χ4n) is 3.49. The van der Waals surface area contributed by atoms with Crippen molar-refractivity contribution < 1.29 is 4.74 Å². The second-order valence-corrected chi connectivity index (χ2v) is 8.91. The SMILES string of the molecule is Cc1ncccc1Oc1scc2c1C1=C(CC2)CN(c2ccccc2Cl)S1. The number of rotatable bonds is 3. The summed E-state index contributed by atoms with van der Waals surface area (Å²) in [6.07, 6.45) is 3.95. The number of hydrogen-bond acceptors (Lipinski definition) is 5. The molecule has 0 saturated heterocycles. The van der Waals surface area contributed by atoms with E-state index in [-0.39, 0.29) is 0 Å². The molecule has 0 spiro atoms. The summed E-state index contributed by atoms with van der Waals surface area (Å²) in [5.41, 5.74) is 6.08. The Labute approximate surface area is 171 Å². The van der Waals surface area contributed by atoms with Crippen molar-refractivity contribution in [2.24, 2.45) is 0 Å². The van der Waals surface area contributed by atoms with E-state index in [1.54, 1.807) is 29.5 Å². The molecule has 2 aliphatic rings. The quantitative estimate of drug-likeness (QED) is 0.445. The number of aryl methyl sites for hydroxylation is 2. The lowest BCUT2D eigenvalue weighted by molar-refractivity contribution is 0.487. The van der Waals surface area contributed by atoms with E-state index in [2.05, 4.69) is 20.7 Å². The van der Waals surface area contributed by atoms with Crippen molar-refractivity contribution >= 4 is 45.5 Å². The van der Waals surface area contributed by atoms with Crippen LogP contribution >= 0.6 is 34.9 Å². The van der Waals surface area contributed by atoms with Crippen LogP contribution in [0.2, 0.25) is 5.02 Å². The van der Waals surface area contributed by atoms with Crippen LogP contribution in [0.25, 0.3) is 4.91 Å². The molecule has 2 aromatic heterocycles. The van der Waals surface area contributed by atoms with Gasteiger partial charge in [0.15, 0.2) is 5.06 Å². The van der Waals surface area contributed by atoms with Crippen molar-refractivity contribution in [3.63, 3.8) is 0 Å². The zero-order valence-electron chi connectivity index (χ0n) is 14.7. The molecule has 0 N–H and O–H groups in total. The van der Waals surface area contributed by atoms with E-state index in [1.165, 1.54) is 21.6 Å². The number of thiophene rings is 1. The Morgan fingerprint density at radius 2 is 2.04 bits per heavy atom. The molecule has 27 heavy (non-hydrogen) atoms. The predicted molar refractivity (Wildman–Crippen MR) is 115 cm³/mol. The highest BCUT2D eigenvalue weighted by molar-refractivity contribution is 8.09. The van der Waals surface area contributed by atoms with Crippen LogP contribution in [0.3, 0.4) is 0 Å². The molecule has 3 heterocycles. The van der Waals surface area contributed by atoms with Gasteiger partial charge in [-0.05, 0) is 72.5 Å². The highest BCUT2D eigenvalue weighted by atomic mass is 35.5. The Hall–Kier alpha value is -1.95. The summed E-state index contributed by atoms with van der Waals surface area (Å²) in [5, 5.41) is 3.98. The van der Waals surface area contributed by atoms with Crippen LogP contribution in [-0.4, -0.2) is 11.5 Å². The minimum Gasteiger partial charge on any atom is -0.444 e. The third-order valence-corrected chi connectivity index (χ3v) is 7.34. The van der Waals surface area contributed by atoms with Crippen molar-refractivity contribution in [2.45, 2.75) is 19.8 Å². The van der Waals surface area contributed by atoms with Gasteiger partial charge in [0.25, 0.3) is 0 Å². The van der Waals surface area contributed by atoms with Crippen molar-refractivity contribution in [3.8, 4) is 10.8 Å². The van der Waals surface area contributed by atoms with Crippen LogP contribution in [0.1, 0.15) is 23.2 Å². The third kappa shape index (κ3) is 3.04. The summed E-state index contributed by atoms with van der Waals surface area (Å²) in [7, 11) is 0. The van der Waals surface area contributed by atoms with E-state index >= 15 is 0 Å². The molecular formula is C21H17ClN2OS2. The molecule has 6 heteroatoms. The topological polar surface area (TPSA) is 25.4 Å². The maximum Gasteiger partial charge on any atom is 0.189 e. The second kappa shape index (κ2) is 6.89. The number of halogens is 1. The number of hydrogen-bond donors (Lipinski definition) is 0. The summed E-state index contributed by atoms with van der Waals surface area (Å²) >= 11 is 9.89. The molecular weight excluding hydrogens is 396 g/mol. The highest BCUT2D eigenvalue weighted by Gasteiger charge is 2.33. The van der Waals surface area contributed by atoms with Crippen LogP contribution in [-0.2, 0) is 6.42 Å². The summed E-state index contributed by atoms with van der Waals surface area (Å²) in [5.74, 6) is 0.820. The van der Waals surface area contributed by atoms with Crippen molar-refractivity contribution in [3.05, 3.63) is 75.4 Å². The minimum absolute atomic E-state index is 0.790. The molecule has 0 amide bonds. The van der Waals surface area contributed by atoms with Gasteiger partial charge in [0, 0.05) is 16.7 Å². The Bertz CT molecular complexity index is 1060. The highest BCUT2D eigenvalue weighted by Crippen LogP contribution is 2.53. The summed E-state index contributed by atoms with van der Waals surface area (Å²) in [6, 6.07) is 11.9. The maximum atomic E-state index is 6.43. The number of aromatic nitrogens is 1. The van der Waals surface area contributed by atoms with Crippen molar-refractivity contribution in [1.82, 2.24) is 4.98 Å². The van der Waals surface area contributed by atoms with Crippen LogP contribution in [0.4, 0.5) is 5.69 Å². The average molecular weight is 413 g/mol. The number of ether oxygens (including phenoxy) is 1. The molecule has 0 bridgehead atoms. The van der Waals surface area contributed by atoms with Gasteiger partial charge < -0.3 is 9.04 Å². The number of benzene rings is 1. The minimum atomic E-state index is 0.790. The second-order valence-electron chi connectivity index (χ2n) is 6.62. The van der Waals surface area contributed by atoms with Gasteiger partial charge in [-0.2, -0.15) is 0 Å². The van der Waals surface area contributed by atoms with Gasteiger partial charge in [-0.1, -0.05) is 23.7 Å². The molecule has 5 rings (SSSR count). The molecule has 3 nitrogen and oxygen atoms in total.